The second kappa shape index (κ2) is 7.89. The second-order valence-electron chi connectivity index (χ2n) is 3.95. The lowest BCUT2D eigenvalue weighted by Gasteiger charge is -2.22. The summed E-state index contributed by atoms with van der Waals surface area (Å²) in [6, 6.07) is -0.344. The van der Waals surface area contributed by atoms with Gasteiger partial charge in [0.15, 0.2) is 0 Å². The zero-order chi connectivity index (χ0) is 12.5. The molecule has 0 aromatic carbocycles. The third-order valence-electron chi connectivity index (χ3n) is 2.50. The largest absolute Gasteiger partial charge is 0.465 e. The number of rotatable bonds is 5. The van der Waals surface area contributed by atoms with Crippen molar-refractivity contribution in [3.05, 3.63) is 0 Å². The van der Waals surface area contributed by atoms with E-state index in [4.69, 9.17) is 4.74 Å². The summed E-state index contributed by atoms with van der Waals surface area (Å²) in [6.07, 6.45) is 2.11. The normalized spacial score (nSPS) is 19.5. The fourth-order valence-corrected chi connectivity index (χ4v) is 1.63. The molecule has 1 unspecified atom stereocenters. The van der Waals surface area contributed by atoms with E-state index in [1.54, 1.807) is 6.92 Å². The van der Waals surface area contributed by atoms with E-state index in [9.17, 15) is 9.59 Å². The van der Waals surface area contributed by atoms with Gasteiger partial charge >= 0.3 is 12.0 Å². The number of amides is 2. The lowest BCUT2D eigenvalue weighted by Crippen LogP contribution is -2.42. The summed E-state index contributed by atoms with van der Waals surface area (Å²) >= 11 is 0. The maximum Gasteiger partial charge on any atom is 0.325 e. The smallest absolute Gasteiger partial charge is 0.325 e. The molecule has 2 N–H and O–H groups in total. The molecule has 1 heterocycles. The first kappa shape index (κ1) is 13.8. The molecule has 1 aliphatic rings. The van der Waals surface area contributed by atoms with E-state index in [0.29, 0.717) is 25.7 Å². The maximum absolute atomic E-state index is 11.3. The summed E-state index contributed by atoms with van der Waals surface area (Å²) in [7, 11) is 0. The first-order valence-electron chi connectivity index (χ1n) is 5.97. The Labute approximate surface area is 101 Å². The van der Waals surface area contributed by atoms with Gasteiger partial charge in [0.25, 0.3) is 0 Å². The number of esters is 1. The molecule has 0 spiro atoms. The highest BCUT2D eigenvalue weighted by Crippen LogP contribution is 2.11. The molecule has 0 aromatic rings. The molecule has 1 rings (SSSR count). The van der Waals surface area contributed by atoms with Crippen molar-refractivity contribution < 1.29 is 19.1 Å². The molecular formula is C11H20N2O4. The maximum atomic E-state index is 11.3. The van der Waals surface area contributed by atoms with Crippen LogP contribution >= 0.6 is 0 Å². The summed E-state index contributed by atoms with van der Waals surface area (Å²) in [6.45, 7) is 4.03. The molecule has 17 heavy (non-hydrogen) atoms. The van der Waals surface area contributed by atoms with Gasteiger partial charge < -0.3 is 20.1 Å². The Bertz CT molecular complexity index is 252. The quantitative estimate of drug-likeness (QED) is 0.681. The van der Waals surface area contributed by atoms with Gasteiger partial charge in [0.2, 0.25) is 0 Å². The topological polar surface area (TPSA) is 76.7 Å². The van der Waals surface area contributed by atoms with Crippen molar-refractivity contribution in [3.63, 3.8) is 0 Å². The number of ether oxygens (including phenoxy) is 2. The Morgan fingerprint density at radius 2 is 2.24 bits per heavy atom. The molecule has 98 valence electrons. The zero-order valence-electron chi connectivity index (χ0n) is 10.2. The lowest BCUT2D eigenvalue weighted by molar-refractivity contribution is -0.141. The van der Waals surface area contributed by atoms with Crippen molar-refractivity contribution in [1.29, 1.82) is 0 Å². The van der Waals surface area contributed by atoms with E-state index < -0.39 is 5.97 Å². The van der Waals surface area contributed by atoms with Crippen LogP contribution in [0.2, 0.25) is 0 Å². The fraction of sp³-hybridized carbons (Fsp3) is 0.818. The van der Waals surface area contributed by atoms with Crippen molar-refractivity contribution in [2.75, 3.05) is 32.9 Å². The van der Waals surface area contributed by atoms with Gasteiger partial charge in [-0.1, -0.05) is 0 Å². The third kappa shape index (κ3) is 6.11. The van der Waals surface area contributed by atoms with Crippen LogP contribution in [-0.4, -0.2) is 44.9 Å². The highest BCUT2D eigenvalue weighted by Gasteiger charge is 2.14. The third-order valence-corrected chi connectivity index (χ3v) is 2.50. The molecule has 0 saturated carbocycles. The fourth-order valence-electron chi connectivity index (χ4n) is 1.63. The average Bonchev–Trinajstić information content (AvgIpc) is 2.35. The van der Waals surface area contributed by atoms with Gasteiger partial charge in [0.1, 0.15) is 6.54 Å². The molecule has 0 radical (unpaired) electrons. The van der Waals surface area contributed by atoms with Gasteiger partial charge in [0, 0.05) is 13.2 Å². The lowest BCUT2D eigenvalue weighted by atomic mass is 10.0. The SMILES string of the molecule is CCOC(=O)CNC(=O)NCC1CCCOC1. The monoisotopic (exact) mass is 244 g/mol. The minimum atomic E-state index is -0.427. The van der Waals surface area contributed by atoms with Crippen LogP contribution in [0.5, 0.6) is 0 Å². The number of nitrogens with one attached hydrogen (secondary N) is 2. The van der Waals surface area contributed by atoms with Crippen LogP contribution in [0.15, 0.2) is 0 Å². The number of carbonyl (C=O) groups is 2. The molecular weight excluding hydrogens is 224 g/mol. The van der Waals surface area contributed by atoms with Crippen molar-refractivity contribution in [1.82, 2.24) is 10.6 Å². The van der Waals surface area contributed by atoms with Crippen LogP contribution in [0.4, 0.5) is 4.79 Å². The summed E-state index contributed by atoms with van der Waals surface area (Å²) < 4.78 is 9.98. The summed E-state index contributed by atoms with van der Waals surface area (Å²) in [5.41, 5.74) is 0. The highest BCUT2D eigenvalue weighted by molar-refractivity contribution is 5.80. The predicted octanol–water partition coefficient (Wildman–Crippen LogP) is 0.275. The van der Waals surface area contributed by atoms with Crippen molar-refractivity contribution in [2.45, 2.75) is 19.8 Å². The minimum Gasteiger partial charge on any atom is -0.465 e. The molecule has 2 amide bonds. The Kier molecular flexibility index (Phi) is 6.39. The van der Waals surface area contributed by atoms with Crippen LogP contribution in [0, 0.1) is 5.92 Å². The van der Waals surface area contributed by atoms with Crippen LogP contribution in [0.25, 0.3) is 0 Å². The molecule has 6 nitrogen and oxygen atoms in total. The molecule has 0 aromatic heterocycles. The van der Waals surface area contributed by atoms with Crippen LogP contribution in [0.1, 0.15) is 19.8 Å². The number of hydrogen-bond donors (Lipinski definition) is 2. The summed E-state index contributed by atoms with van der Waals surface area (Å²) in [4.78, 5) is 22.3. The van der Waals surface area contributed by atoms with Gasteiger partial charge in [-0.05, 0) is 25.7 Å². The van der Waals surface area contributed by atoms with E-state index >= 15 is 0 Å². The van der Waals surface area contributed by atoms with Crippen molar-refractivity contribution >= 4 is 12.0 Å². The van der Waals surface area contributed by atoms with Gasteiger partial charge in [-0.15, -0.1) is 0 Å². The van der Waals surface area contributed by atoms with E-state index in [1.807, 2.05) is 0 Å². The average molecular weight is 244 g/mol. The van der Waals surface area contributed by atoms with Gasteiger partial charge in [0.05, 0.1) is 13.2 Å². The first-order valence-corrected chi connectivity index (χ1v) is 5.97. The van der Waals surface area contributed by atoms with Gasteiger partial charge in [-0.25, -0.2) is 4.79 Å². The van der Waals surface area contributed by atoms with E-state index in [1.165, 1.54) is 0 Å². The van der Waals surface area contributed by atoms with Gasteiger partial charge in [-0.3, -0.25) is 4.79 Å². The second-order valence-corrected chi connectivity index (χ2v) is 3.95. The van der Waals surface area contributed by atoms with Crippen molar-refractivity contribution in [3.8, 4) is 0 Å². The Morgan fingerprint density at radius 3 is 2.88 bits per heavy atom. The molecule has 1 aliphatic heterocycles. The van der Waals surface area contributed by atoms with Gasteiger partial charge in [-0.2, -0.15) is 0 Å². The molecule has 1 atom stereocenters. The van der Waals surface area contributed by atoms with Crippen molar-refractivity contribution in [2.24, 2.45) is 5.92 Å². The highest BCUT2D eigenvalue weighted by atomic mass is 16.5. The zero-order valence-corrected chi connectivity index (χ0v) is 10.2. The van der Waals surface area contributed by atoms with E-state index in [2.05, 4.69) is 15.4 Å². The molecule has 1 fully saturated rings. The minimum absolute atomic E-state index is 0.0964. The summed E-state index contributed by atoms with van der Waals surface area (Å²) in [5.74, 6) is -0.0549. The molecule has 6 heteroatoms. The summed E-state index contributed by atoms with van der Waals surface area (Å²) in [5, 5.41) is 5.15. The number of carbonyl (C=O) groups excluding carboxylic acids is 2. The predicted molar refractivity (Wildman–Crippen MR) is 61.6 cm³/mol. The Balaban J connectivity index is 2.06. The van der Waals surface area contributed by atoms with E-state index in [0.717, 1.165) is 19.4 Å². The van der Waals surface area contributed by atoms with Crippen LogP contribution in [0.3, 0.4) is 0 Å². The van der Waals surface area contributed by atoms with Crippen LogP contribution < -0.4 is 10.6 Å². The first-order chi connectivity index (χ1) is 8.22. The number of hydrogen-bond acceptors (Lipinski definition) is 4. The van der Waals surface area contributed by atoms with Crippen LogP contribution in [-0.2, 0) is 14.3 Å². The molecule has 0 aliphatic carbocycles. The Hall–Kier alpha value is -1.30. The molecule has 0 bridgehead atoms. The standard InChI is InChI=1S/C11H20N2O4/c1-2-17-10(14)7-13-11(15)12-6-9-4-3-5-16-8-9/h9H,2-8H2,1H3,(H2,12,13,15). The van der Waals surface area contributed by atoms with E-state index in [-0.39, 0.29) is 12.6 Å². The Morgan fingerprint density at radius 1 is 1.41 bits per heavy atom. The molecule has 1 saturated heterocycles. The number of urea groups is 1.